The molecule has 2 aromatic carbocycles. The van der Waals surface area contributed by atoms with Crippen LogP contribution in [0.2, 0.25) is 0 Å². The van der Waals surface area contributed by atoms with Crippen LogP contribution >= 0.6 is 11.6 Å². The molecule has 0 bridgehead atoms. The standard InChI is InChI=1S/C21H23ClFN3O/c1-13(24)2-7-17(22)12-25-21(27)20-11-16-4-3-15(10-19(16)26-20)14-5-8-18(23)9-6-14/h3-6,8-11,13,17,26H,2,7,12,24H2,1H3,(H,25,27)/p+1/t13?,17-/m0/s1. The second-order valence-electron chi connectivity index (χ2n) is 6.98. The molecule has 0 fully saturated rings. The SMILES string of the molecule is CC([NH3+])CC[C@H](Cl)CNC(=O)c1cc2ccc(-c3ccc(F)cc3)cc2[nH]1. The highest BCUT2D eigenvalue weighted by molar-refractivity contribution is 6.21. The molecule has 2 atom stereocenters. The maximum atomic E-state index is 13.1. The van der Waals surface area contributed by atoms with E-state index in [1.165, 1.54) is 12.1 Å². The number of nitrogens with one attached hydrogen (secondary N) is 2. The fraction of sp³-hybridized carbons (Fsp3) is 0.286. The van der Waals surface area contributed by atoms with Crippen molar-refractivity contribution in [3.05, 3.63) is 60.0 Å². The highest BCUT2D eigenvalue weighted by Crippen LogP contribution is 2.25. The summed E-state index contributed by atoms with van der Waals surface area (Å²) in [5.74, 6) is -0.441. The maximum absolute atomic E-state index is 13.1. The van der Waals surface area contributed by atoms with Gasteiger partial charge in [0.1, 0.15) is 11.5 Å². The van der Waals surface area contributed by atoms with Crippen molar-refractivity contribution in [1.29, 1.82) is 0 Å². The summed E-state index contributed by atoms with van der Waals surface area (Å²) in [7, 11) is 0. The molecule has 3 aromatic rings. The Kier molecular flexibility index (Phi) is 6.14. The number of alkyl halides is 1. The Morgan fingerprint density at radius 2 is 1.85 bits per heavy atom. The lowest BCUT2D eigenvalue weighted by molar-refractivity contribution is -0.415. The lowest BCUT2D eigenvalue weighted by Crippen LogP contribution is -2.59. The third-order valence-corrected chi connectivity index (χ3v) is 4.87. The predicted octanol–water partition coefficient (Wildman–Crippen LogP) is 3.72. The van der Waals surface area contributed by atoms with E-state index in [9.17, 15) is 9.18 Å². The third-order valence-electron chi connectivity index (χ3n) is 4.50. The minimum atomic E-state index is -0.263. The van der Waals surface area contributed by atoms with E-state index in [1.807, 2.05) is 31.2 Å². The Morgan fingerprint density at radius 1 is 1.15 bits per heavy atom. The van der Waals surface area contributed by atoms with E-state index in [1.54, 1.807) is 12.1 Å². The van der Waals surface area contributed by atoms with Gasteiger partial charge in [0.15, 0.2) is 0 Å². The van der Waals surface area contributed by atoms with Crippen molar-refractivity contribution in [2.75, 3.05) is 6.54 Å². The van der Waals surface area contributed by atoms with Crippen LogP contribution in [0.3, 0.4) is 0 Å². The smallest absolute Gasteiger partial charge is 0.267 e. The molecular formula is C21H24ClFN3O+. The molecule has 0 saturated carbocycles. The van der Waals surface area contributed by atoms with Gasteiger partial charge in [0.2, 0.25) is 0 Å². The number of amides is 1. The zero-order valence-corrected chi connectivity index (χ0v) is 16.0. The van der Waals surface area contributed by atoms with E-state index in [2.05, 4.69) is 16.0 Å². The first-order valence-electron chi connectivity index (χ1n) is 9.06. The molecule has 0 aliphatic heterocycles. The van der Waals surface area contributed by atoms with E-state index in [0.29, 0.717) is 18.3 Å². The number of quaternary nitrogens is 1. The van der Waals surface area contributed by atoms with Crippen molar-refractivity contribution in [3.8, 4) is 11.1 Å². The van der Waals surface area contributed by atoms with Crippen LogP contribution in [0.4, 0.5) is 4.39 Å². The van der Waals surface area contributed by atoms with Crippen LogP contribution in [-0.2, 0) is 0 Å². The molecule has 5 N–H and O–H groups in total. The molecular weight excluding hydrogens is 365 g/mol. The molecule has 1 aromatic heterocycles. The van der Waals surface area contributed by atoms with Gasteiger partial charge in [0, 0.05) is 23.9 Å². The summed E-state index contributed by atoms with van der Waals surface area (Å²) in [6.07, 6.45) is 1.75. The van der Waals surface area contributed by atoms with Gasteiger partial charge in [-0.15, -0.1) is 11.6 Å². The number of carbonyl (C=O) groups excluding carboxylic acids is 1. The van der Waals surface area contributed by atoms with Crippen LogP contribution in [0.25, 0.3) is 22.0 Å². The van der Waals surface area contributed by atoms with Crippen molar-refractivity contribution in [2.24, 2.45) is 0 Å². The van der Waals surface area contributed by atoms with Gasteiger partial charge in [0.25, 0.3) is 5.91 Å². The van der Waals surface area contributed by atoms with E-state index < -0.39 is 0 Å². The number of hydrogen-bond donors (Lipinski definition) is 3. The van der Waals surface area contributed by atoms with Crippen molar-refractivity contribution in [2.45, 2.75) is 31.2 Å². The van der Waals surface area contributed by atoms with Gasteiger partial charge in [-0.1, -0.05) is 24.3 Å². The molecule has 1 unspecified atom stereocenters. The Bertz CT molecular complexity index is 921. The second-order valence-corrected chi connectivity index (χ2v) is 7.60. The molecule has 3 rings (SSSR count). The highest BCUT2D eigenvalue weighted by atomic mass is 35.5. The van der Waals surface area contributed by atoms with E-state index in [-0.39, 0.29) is 17.1 Å². The van der Waals surface area contributed by atoms with Crippen molar-refractivity contribution >= 4 is 28.4 Å². The van der Waals surface area contributed by atoms with Crippen molar-refractivity contribution < 1.29 is 14.9 Å². The third kappa shape index (κ3) is 5.08. The van der Waals surface area contributed by atoms with E-state index >= 15 is 0 Å². The van der Waals surface area contributed by atoms with E-state index in [4.69, 9.17) is 11.6 Å². The molecule has 0 aliphatic carbocycles. The zero-order chi connectivity index (χ0) is 19.4. The second kappa shape index (κ2) is 8.55. The minimum Gasteiger partial charge on any atom is -0.355 e. The molecule has 27 heavy (non-hydrogen) atoms. The number of aromatic nitrogens is 1. The average Bonchev–Trinajstić information content (AvgIpc) is 3.08. The summed E-state index contributed by atoms with van der Waals surface area (Å²) >= 11 is 6.26. The summed E-state index contributed by atoms with van der Waals surface area (Å²) < 4.78 is 13.1. The fourth-order valence-corrected chi connectivity index (χ4v) is 3.14. The number of hydrogen-bond acceptors (Lipinski definition) is 1. The topological polar surface area (TPSA) is 72.5 Å². The Labute approximate surface area is 162 Å². The zero-order valence-electron chi connectivity index (χ0n) is 15.3. The molecule has 0 radical (unpaired) electrons. The molecule has 6 heteroatoms. The molecule has 142 valence electrons. The normalized spacial score (nSPS) is 13.5. The van der Waals surface area contributed by atoms with Crippen LogP contribution in [0.15, 0.2) is 48.5 Å². The van der Waals surface area contributed by atoms with Crippen molar-refractivity contribution in [1.82, 2.24) is 10.3 Å². The first kappa shape index (κ1) is 19.4. The van der Waals surface area contributed by atoms with Crippen LogP contribution < -0.4 is 11.1 Å². The van der Waals surface area contributed by atoms with Crippen LogP contribution in [0, 0.1) is 5.82 Å². The lowest BCUT2D eigenvalue weighted by atomic mass is 10.0. The van der Waals surface area contributed by atoms with Gasteiger partial charge < -0.3 is 16.0 Å². The van der Waals surface area contributed by atoms with Crippen LogP contribution in [0.1, 0.15) is 30.3 Å². The maximum Gasteiger partial charge on any atom is 0.267 e. The van der Waals surface area contributed by atoms with Gasteiger partial charge in [-0.2, -0.15) is 0 Å². The Balaban J connectivity index is 1.69. The Hall–Kier alpha value is -2.37. The number of halogens is 2. The number of benzene rings is 2. The monoisotopic (exact) mass is 388 g/mol. The summed E-state index contributed by atoms with van der Waals surface area (Å²) in [5.41, 5.74) is 7.17. The number of aromatic amines is 1. The summed E-state index contributed by atoms with van der Waals surface area (Å²) in [6, 6.07) is 14.4. The Morgan fingerprint density at radius 3 is 2.56 bits per heavy atom. The van der Waals surface area contributed by atoms with Gasteiger partial charge in [-0.05, 0) is 48.7 Å². The predicted molar refractivity (Wildman–Crippen MR) is 107 cm³/mol. The summed E-state index contributed by atoms with van der Waals surface area (Å²) in [5, 5.41) is 3.71. The first-order chi connectivity index (χ1) is 12.9. The van der Waals surface area contributed by atoms with Gasteiger partial charge >= 0.3 is 0 Å². The molecule has 4 nitrogen and oxygen atoms in total. The van der Waals surface area contributed by atoms with Gasteiger partial charge in [-0.3, -0.25) is 4.79 Å². The average molecular weight is 389 g/mol. The number of rotatable bonds is 7. The highest BCUT2D eigenvalue weighted by Gasteiger charge is 2.13. The first-order valence-corrected chi connectivity index (χ1v) is 9.50. The summed E-state index contributed by atoms with van der Waals surface area (Å²) in [4.78, 5) is 15.5. The van der Waals surface area contributed by atoms with Gasteiger partial charge in [0.05, 0.1) is 11.4 Å². The number of fused-ring (bicyclic) bond motifs is 1. The largest absolute Gasteiger partial charge is 0.355 e. The molecule has 0 saturated heterocycles. The van der Waals surface area contributed by atoms with Gasteiger partial charge in [-0.25, -0.2) is 4.39 Å². The molecule has 1 heterocycles. The summed E-state index contributed by atoms with van der Waals surface area (Å²) in [6.45, 7) is 2.47. The fourth-order valence-electron chi connectivity index (χ4n) is 2.94. The quantitative estimate of drug-likeness (QED) is 0.530. The van der Waals surface area contributed by atoms with Crippen LogP contribution in [0.5, 0.6) is 0 Å². The number of H-pyrrole nitrogens is 1. The number of carbonyl (C=O) groups is 1. The van der Waals surface area contributed by atoms with Crippen molar-refractivity contribution in [3.63, 3.8) is 0 Å². The van der Waals surface area contributed by atoms with Crippen LogP contribution in [-0.4, -0.2) is 28.9 Å². The molecule has 0 spiro atoms. The molecule has 1 amide bonds. The molecule has 0 aliphatic rings. The lowest BCUT2D eigenvalue weighted by Gasteiger charge is -2.10. The van der Waals surface area contributed by atoms with E-state index in [0.717, 1.165) is 34.9 Å². The minimum absolute atomic E-state index is 0.104.